The van der Waals surface area contributed by atoms with Crippen LogP contribution in [0.3, 0.4) is 0 Å². The molecular weight excluding hydrogens is 276 g/mol. The highest BCUT2D eigenvalue weighted by molar-refractivity contribution is 5.98. The highest BCUT2D eigenvalue weighted by atomic mass is 16.5. The van der Waals surface area contributed by atoms with Crippen molar-refractivity contribution in [2.75, 3.05) is 45.9 Å². The molecule has 4 nitrogen and oxygen atoms in total. The molecule has 122 valence electrons. The Bertz CT molecular complexity index is 494. The molecule has 0 N–H and O–H groups in total. The van der Waals surface area contributed by atoms with E-state index in [1.165, 1.54) is 0 Å². The highest BCUT2D eigenvalue weighted by Crippen LogP contribution is 2.20. The zero-order valence-electron chi connectivity index (χ0n) is 14.1. The number of ether oxygens (including phenoxy) is 1. The molecule has 0 spiro atoms. The molecule has 0 aliphatic carbocycles. The van der Waals surface area contributed by atoms with Crippen LogP contribution in [-0.4, -0.2) is 61.5 Å². The number of piperazine rings is 1. The normalized spacial score (nSPS) is 16.7. The fraction of sp³-hybridized carbons (Fsp3) is 0.611. The number of benzene rings is 1. The first-order chi connectivity index (χ1) is 10.6. The monoisotopic (exact) mass is 304 g/mol. The molecule has 0 saturated carbocycles. The maximum Gasteiger partial charge on any atom is 0.176 e. The van der Waals surface area contributed by atoms with Gasteiger partial charge in [-0.25, -0.2) is 0 Å². The van der Waals surface area contributed by atoms with E-state index in [4.69, 9.17) is 4.74 Å². The van der Waals surface area contributed by atoms with Crippen LogP contribution in [0.1, 0.15) is 36.2 Å². The van der Waals surface area contributed by atoms with Gasteiger partial charge in [0.05, 0.1) is 13.2 Å². The lowest BCUT2D eigenvalue weighted by Gasteiger charge is -2.33. The first kappa shape index (κ1) is 17.0. The van der Waals surface area contributed by atoms with Gasteiger partial charge in [0.1, 0.15) is 5.75 Å². The largest absolute Gasteiger partial charge is 0.493 e. The van der Waals surface area contributed by atoms with Crippen LogP contribution in [0.5, 0.6) is 5.75 Å². The summed E-state index contributed by atoms with van der Waals surface area (Å²) in [5.74, 6) is 1.09. The molecular formula is C18H28N2O2. The maximum absolute atomic E-state index is 12.4. The Kier molecular flexibility index (Phi) is 6.40. The molecule has 1 heterocycles. The van der Waals surface area contributed by atoms with Crippen molar-refractivity contribution in [1.29, 1.82) is 0 Å². The van der Waals surface area contributed by atoms with Crippen molar-refractivity contribution >= 4 is 5.78 Å². The molecule has 1 saturated heterocycles. The standard InChI is InChI=1S/C18H28N2O2/c1-4-12-22-18-7-6-16(13-15(18)3)17(21)14-20-10-8-19(5-2)9-11-20/h6-7,13H,4-5,8-12,14H2,1-3H3. The van der Waals surface area contributed by atoms with E-state index in [9.17, 15) is 4.79 Å². The average molecular weight is 304 g/mol. The second-order valence-electron chi connectivity index (χ2n) is 5.96. The molecule has 0 radical (unpaired) electrons. The van der Waals surface area contributed by atoms with E-state index in [1.807, 2.05) is 25.1 Å². The first-order valence-electron chi connectivity index (χ1n) is 8.35. The number of carbonyl (C=O) groups is 1. The smallest absolute Gasteiger partial charge is 0.176 e. The van der Waals surface area contributed by atoms with Gasteiger partial charge in [-0.3, -0.25) is 9.69 Å². The number of carbonyl (C=O) groups excluding carboxylic acids is 1. The number of rotatable bonds is 7. The Hall–Kier alpha value is -1.39. The first-order valence-corrected chi connectivity index (χ1v) is 8.35. The minimum Gasteiger partial charge on any atom is -0.493 e. The van der Waals surface area contributed by atoms with E-state index < -0.39 is 0 Å². The lowest BCUT2D eigenvalue weighted by Crippen LogP contribution is -2.47. The second kappa shape index (κ2) is 8.30. The van der Waals surface area contributed by atoms with Crippen LogP contribution in [0.25, 0.3) is 0 Å². The summed E-state index contributed by atoms with van der Waals surface area (Å²) >= 11 is 0. The van der Waals surface area contributed by atoms with Gasteiger partial charge < -0.3 is 9.64 Å². The maximum atomic E-state index is 12.4. The third-order valence-corrected chi connectivity index (χ3v) is 4.24. The van der Waals surface area contributed by atoms with E-state index in [-0.39, 0.29) is 5.78 Å². The molecule has 0 atom stereocenters. The molecule has 1 aromatic rings. The summed E-state index contributed by atoms with van der Waals surface area (Å²) in [6.07, 6.45) is 0.990. The number of hydrogen-bond donors (Lipinski definition) is 0. The third-order valence-electron chi connectivity index (χ3n) is 4.24. The van der Waals surface area contributed by atoms with Gasteiger partial charge in [0.2, 0.25) is 0 Å². The van der Waals surface area contributed by atoms with Crippen LogP contribution < -0.4 is 4.74 Å². The Morgan fingerprint density at radius 2 is 1.82 bits per heavy atom. The lowest BCUT2D eigenvalue weighted by molar-refractivity contribution is 0.0859. The molecule has 22 heavy (non-hydrogen) atoms. The fourth-order valence-electron chi connectivity index (χ4n) is 2.75. The van der Waals surface area contributed by atoms with Crippen LogP contribution in [0.2, 0.25) is 0 Å². The van der Waals surface area contributed by atoms with Crippen LogP contribution in [-0.2, 0) is 0 Å². The van der Waals surface area contributed by atoms with E-state index in [0.717, 1.165) is 62.6 Å². The molecule has 0 amide bonds. The predicted molar refractivity (Wildman–Crippen MR) is 89.8 cm³/mol. The van der Waals surface area contributed by atoms with E-state index in [2.05, 4.69) is 23.6 Å². The van der Waals surface area contributed by atoms with Crippen molar-refractivity contribution < 1.29 is 9.53 Å². The Morgan fingerprint density at radius 1 is 1.14 bits per heavy atom. The van der Waals surface area contributed by atoms with Crippen molar-refractivity contribution in [1.82, 2.24) is 9.80 Å². The van der Waals surface area contributed by atoms with E-state index in [0.29, 0.717) is 6.54 Å². The van der Waals surface area contributed by atoms with Crippen molar-refractivity contribution in [3.8, 4) is 5.75 Å². The Balaban J connectivity index is 1.91. The van der Waals surface area contributed by atoms with Gasteiger partial charge in [0.25, 0.3) is 0 Å². The Morgan fingerprint density at radius 3 is 2.41 bits per heavy atom. The van der Waals surface area contributed by atoms with Gasteiger partial charge in [-0.2, -0.15) is 0 Å². The number of hydrogen-bond acceptors (Lipinski definition) is 4. The summed E-state index contributed by atoms with van der Waals surface area (Å²) in [5, 5.41) is 0. The van der Waals surface area contributed by atoms with Crippen molar-refractivity contribution in [3.05, 3.63) is 29.3 Å². The van der Waals surface area contributed by atoms with Crippen molar-refractivity contribution in [2.24, 2.45) is 0 Å². The van der Waals surface area contributed by atoms with E-state index in [1.54, 1.807) is 0 Å². The second-order valence-corrected chi connectivity index (χ2v) is 5.96. The molecule has 1 aliphatic rings. The van der Waals surface area contributed by atoms with Crippen LogP contribution >= 0.6 is 0 Å². The number of aryl methyl sites for hydroxylation is 1. The minimum absolute atomic E-state index is 0.204. The summed E-state index contributed by atoms with van der Waals surface area (Å²) < 4.78 is 5.67. The van der Waals surface area contributed by atoms with Crippen LogP contribution in [0.15, 0.2) is 18.2 Å². The SMILES string of the molecule is CCCOc1ccc(C(=O)CN2CCN(CC)CC2)cc1C. The highest BCUT2D eigenvalue weighted by Gasteiger charge is 2.18. The molecule has 0 unspecified atom stereocenters. The fourth-order valence-corrected chi connectivity index (χ4v) is 2.75. The van der Waals surface area contributed by atoms with E-state index >= 15 is 0 Å². The third kappa shape index (κ3) is 4.55. The van der Waals surface area contributed by atoms with Crippen LogP contribution in [0.4, 0.5) is 0 Å². The predicted octanol–water partition coefficient (Wildman–Crippen LogP) is 2.60. The van der Waals surface area contributed by atoms with Gasteiger partial charge in [-0.1, -0.05) is 13.8 Å². The van der Waals surface area contributed by atoms with Gasteiger partial charge in [-0.15, -0.1) is 0 Å². The topological polar surface area (TPSA) is 32.8 Å². The van der Waals surface area contributed by atoms with Gasteiger partial charge in [-0.05, 0) is 43.7 Å². The number of ketones is 1. The van der Waals surface area contributed by atoms with Gasteiger partial charge in [0, 0.05) is 31.7 Å². The van der Waals surface area contributed by atoms with Crippen molar-refractivity contribution in [2.45, 2.75) is 27.2 Å². The molecule has 1 aliphatic heterocycles. The Labute approximate surface area is 134 Å². The van der Waals surface area contributed by atoms with Crippen LogP contribution in [0, 0.1) is 6.92 Å². The molecule has 2 rings (SSSR count). The molecule has 1 aromatic carbocycles. The summed E-state index contributed by atoms with van der Waals surface area (Å²) in [7, 11) is 0. The summed E-state index contributed by atoms with van der Waals surface area (Å²) in [5.41, 5.74) is 1.83. The lowest BCUT2D eigenvalue weighted by atomic mass is 10.1. The molecule has 0 bridgehead atoms. The minimum atomic E-state index is 0.204. The van der Waals surface area contributed by atoms with Gasteiger partial charge in [0.15, 0.2) is 5.78 Å². The summed E-state index contributed by atoms with van der Waals surface area (Å²) in [6.45, 7) is 12.7. The number of likely N-dealkylation sites (N-methyl/N-ethyl adjacent to an activating group) is 1. The number of Topliss-reactive ketones (excluding diaryl/α,β-unsaturated/α-hetero) is 1. The van der Waals surface area contributed by atoms with Crippen molar-refractivity contribution in [3.63, 3.8) is 0 Å². The molecule has 0 aromatic heterocycles. The zero-order valence-corrected chi connectivity index (χ0v) is 14.1. The molecule has 4 heteroatoms. The molecule has 1 fully saturated rings. The summed E-state index contributed by atoms with van der Waals surface area (Å²) in [6, 6.07) is 5.77. The quantitative estimate of drug-likeness (QED) is 0.725. The van der Waals surface area contributed by atoms with Gasteiger partial charge >= 0.3 is 0 Å². The zero-order chi connectivity index (χ0) is 15.9. The average Bonchev–Trinajstić information content (AvgIpc) is 2.54. The summed E-state index contributed by atoms with van der Waals surface area (Å²) in [4.78, 5) is 17.1. The number of nitrogens with zero attached hydrogens (tertiary/aromatic N) is 2.